The van der Waals surface area contributed by atoms with Gasteiger partial charge in [0.2, 0.25) is 10.0 Å². The van der Waals surface area contributed by atoms with E-state index in [0.29, 0.717) is 25.0 Å². The van der Waals surface area contributed by atoms with Crippen molar-refractivity contribution in [2.75, 3.05) is 45.5 Å². The molecule has 1 rings (SSSR count). The third-order valence-electron chi connectivity index (χ3n) is 3.69. The van der Waals surface area contributed by atoms with Crippen LogP contribution >= 0.6 is 0 Å². The van der Waals surface area contributed by atoms with Crippen LogP contribution in [0.5, 0.6) is 0 Å². The molecule has 0 aromatic heterocycles. The Morgan fingerprint density at radius 2 is 1.67 bits per heavy atom. The fourth-order valence-corrected chi connectivity index (χ4v) is 2.80. The average Bonchev–Trinajstić information content (AvgIpc) is 2.28. The summed E-state index contributed by atoms with van der Waals surface area (Å²) < 4.78 is 24.3. The molecule has 1 N–H and O–H groups in total. The standard InChI is InChI=1S/C12H27N3O2S/c1-11(2)12(3)13-5-6-14-7-9-15(10-8-14)18(4,16)17/h11-13H,5-10H2,1-4H3. The predicted octanol–water partition coefficient (Wildman–Crippen LogP) is 0.198. The lowest BCUT2D eigenvalue weighted by molar-refractivity contribution is 0.186. The maximum atomic E-state index is 11.4. The lowest BCUT2D eigenvalue weighted by Gasteiger charge is -2.33. The molecule has 0 saturated carbocycles. The molecule has 1 fully saturated rings. The van der Waals surface area contributed by atoms with E-state index in [-0.39, 0.29) is 0 Å². The molecule has 1 aliphatic rings. The highest BCUT2D eigenvalue weighted by atomic mass is 32.2. The Kier molecular flexibility index (Phi) is 6.04. The Labute approximate surface area is 112 Å². The predicted molar refractivity (Wildman–Crippen MR) is 75.2 cm³/mol. The van der Waals surface area contributed by atoms with Crippen molar-refractivity contribution in [3.8, 4) is 0 Å². The number of rotatable bonds is 6. The Morgan fingerprint density at radius 3 is 2.11 bits per heavy atom. The Bertz CT molecular complexity index is 335. The Hall–Kier alpha value is -0.170. The molecule has 0 aromatic carbocycles. The molecule has 0 amide bonds. The molecule has 1 aliphatic heterocycles. The summed E-state index contributed by atoms with van der Waals surface area (Å²) in [5.74, 6) is 0.645. The van der Waals surface area contributed by atoms with Crippen LogP contribution in [0.4, 0.5) is 0 Å². The van der Waals surface area contributed by atoms with Crippen molar-refractivity contribution in [3.05, 3.63) is 0 Å². The van der Waals surface area contributed by atoms with Gasteiger partial charge in [0, 0.05) is 45.3 Å². The quantitative estimate of drug-likeness (QED) is 0.753. The third kappa shape index (κ3) is 5.22. The molecule has 108 valence electrons. The SMILES string of the molecule is CC(C)C(C)NCCN1CCN(S(C)(=O)=O)CC1. The third-order valence-corrected chi connectivity index (χ3v) is 5.00. The van der Waals surface area contributed by atoms with Gasteiger partial charge in [0.05, 0.1) is 6.26 Å². The Morgan fingerprint density at radius 1 is 1.11 bits per heavy atom. The van der Waals surface area contributed by atoms with Gasteiger partial charge in [0.15, 0.2) is 0 Å². The van der Waals surface area contributed by atoms with Crippen molar-refractivity contribution >= 4 is 10.0 Å². The topological polar surface area (TPSA) is 52.6 Å². The van der Waals surface area contributed by atoms with Gasteiger partial charge >= 0.3 is 0 Å². The molecule has 18 heavy (non-hydrogen) atoms. The second-order valence-corrected chi connectivity index (χ2v) is 7.47. The van der Waals surface area contributed by atoms with Crippen LogP contribution < -0.4 is 5.32 Å². The molecule has 1 atom stereocenters. The molecule has 1 heterocycles. The largest absolute Gasteiger partial charge is 0.313 e. The maximum Gasteiger partial charge on any atom is 0.211 e. The minimum absolute atomic E-state index is 0.530. The van der Waals surface area contributed by atoms with Crippen molar-refractivity contribution in [2.45, 2.75) is 26.8 Å². The second kappa shape index (κ2) is 6.84. The van der Waals surface area contributed by atoms with Crippen molar-refractivity contribution in [2.24, 2.45) is 5.92 Å². The number of hydrogen-bond donors (Lipinski definition) is 1. The zero-order valence-electron chi connectivity index (χ0n) is 12.0. The number of sulfonamides is 1. The molecule has 0 bridgehead atoms. The summed E-state index contributed by atoms with van der Waals surface area (Å²) in [6.45, 7) is 11.5. The highest BCUT2D eigenvalue weighted by Crippen LogP contribution is 2.05. The maximum absolute atomic E-state index is 11.4. The first kappa shape index (κ1) is 15.9. The van der Waals surface area contributed by atoms with Gasteiger partial charge in [-0.15, -0.1) is 0 Å². The van der Waals surface area contributed by atoms with Gasteiger partial charge in [-0.2, -0.15) is 4.31 Å². The van der Waals surface area contributed by atoms with E-state index in [1.807, 2.05) is 0 Å². The zero-order chi connectivity index (χ0) is 13.8. The van der Waals surface area contributed by atoms with Crippen LogP contribution in [0.25, 0.3) is 0 Å². The molecular weight excluding hydrogens is 250 g/mol. The summed E-state index contributed by atoms with van der Waals surface area (Å²) in [6, 6.07) is 0.530. The van der Waals surface area contributed by atoms with Gasteiger partial charge in [-0.3, -0.25) is 4.90 Å². The molecule has 0 radical (unpaired) electrons. The van der Waals surface area contributed by atoms with E-state index in [1.165, 1.54) is 6.26 Å². The zero-order valence-corrected chi connectivity index (χ0v) is 12.8. The normalized spacial score (nSPS) is 21.4. The molecule has 0 aromatic rings. The molecule has 6 heteroatoms. The van der Waals surface area contributed by atoms with Gasteiger partial charge < -0.3 is 5.32 Å². The van der Waals surface area contributed by atoms with E-state index < -0.39 is 10.0 Å². The van der Waals surface area contributed by atoms with Gasteiger partial charge in [0.1, 0.15) is 0 Å². The molecular formula is C12H27N3O2S. The lowest BCUT2D eigenvalue weighted by Crippen LogP contribution is -2.50. The van der Waals surface area contributed by atoms with Crippen LogP contribution in [0.15, 0.2) is 0 Å². The second-order valence-electron chi connectivity index (χ2n) is 5.49. The average molecular weight is 277 g/mol. The first-order chi connectivity index (χ1) is 8.30. The van der Waals surface area contributed by atoms with Crippen LogP contribution in [-0.4, -0.2) is 69.2 Å². The molecule has 0 spiro atoms. The van der Waals surface area contributed by atoms with E-state index >= 15 is 0 Å². The van der Waals surface area contributed by atoms with Gasteiger partial charge in [-0.1, -0.05) is 13.8 Å². The van der Waals surface area contributed by atoms with E-state index in [1.54, 1.807) is 4.31 Å². The highest BCUT2D eigenvalue weighted by Gasteiger charge is 2.22. The molecule has 1 unspecified atom stereocenters. The Balaban J connectivity index is 2.20. The minimum Gasteiger partial charge on any atom is -0.313 e. The van der Waals surface area contributed by atoms with Crippen molar-refractivity contribution in [1.29, 1.82) is 0 Å². The smallest absolute Gasteiger partial charge is 0.211 e. The van der Waals surface area contributed by atoms with Crippen LogP contribution in [-0.2, 0) is 10.0 Å². The van der Waals surface area contributed by atoms with Crippen LogP contribution in [0.1, 0.15) is 20.8 Å². The highest BCUT2D eigenvalue weighted by molar-refractivity contribution is 7.88. The van der Waals surface area contributed by atoms with Gasteiger partial charge in [-0.25, -0.2) is 8.42 Å². The van der Waals surface area contributed by atoms with Gasteiger partial charge in [0.25, 0.3) is 0 Å². The van der Waals surface area contributed by atoms with E-state index in [0.717, 1.165) is 26.2 Å². The minimum atomic E-state index is -3.00. The number of nitrogens with one attached hydrogen (secondary N) is 1. The molecule has 0 aliphatic carbocycles. The van der Waals surface area contributed by atoms with Crippen molar-refractivity contribution in [1.82, 2.24) is 14.5 Å². The van der Waals surface area contributed by atoms with Gasteiger partial charge in [-0.05, 0) is 12.8 Å². The van der Waals surface area contributed by atoms with Crippen LogP contribution in [0.3, 0.4) is 0 Å². The number of hydrogen-bond acceptors (Lipinski definition) is 4. The fourth-order valence-electron chi connectivity index (χ4n) is 1.97. The van der Waals surface area contributed by atoms with E-state index in [2.05, 4.69) is 31.0 Å². The summed E-state index contributed by atoms with van der Waals surface area (Å²) in [4.78, 5) is 2.32. The van der Waals surface area contributed by atoms with Crippen LogP contribution in [0.2, 0.25) is 0 Å². The molecule has 5 nitrogen and oxygen atoms in total. The monoisotopic (exact) mass is 277 g/mol. The summed E-state index contributed by atoms with van der Waals surface area (Å²) in [7, 11) is -3.00. The summed E-state index contributed by atoms with van der Waals surface area (Å²) >= 11 is 0. The first-order valence-corrected chi connectivity index (χ1v) is 8.56. The summed E-state index contributed by atoms with van der Waals surface area (Å²) in [5.41, 5.74) is 0. The summed E-state index contributed by atoms with van der Waals surface area (Å²) in [6.07, 6.45) is 1.29. The van der Waals surface area contributed by atoms with E-state index in [4.69, 9.17) is 0 Å². The number of nitrogens with zero attached hydrogens (tertiary/aromatic N) is 2. The summed E-state index contributed by atoms with van der Waals surface area (Å²) in [5, 5.41) is 3.50. The van der Waals surface area contributed by atoms with E-state index in [9.17, 15) is 8.42 Å². The number of piperazine rings is 1. The van der Waals surface area contributed by atoms with Crippen LogP contribution in [0, 0.1) is 5.92 Å². The van der Waals surface area contributed by atoms with Crippen molar-refractivity contribution < 1.29 is 8.42 Å². The first-order valence-electron chi connectivity index (χ1n) is 6.71. The lowest BCUT2D eigenvalue weighted by atomic mass is 10.1. The van der Waals surface area contributed by atoms with Crippen molar-refractivity contribution in [3.63, 3.8) is 0 Å². The fraction of sp³-hybridized carbons (Fsp3) is 1.00. The molecule has 1 saturated heterocycles.